The fourth-order valence-corrected chi connectivity index (χ4v) is 1.99. The van der Waals surface area contributed by atoms with E-state index in [-0.39, 0.29) is 16.5 Å². The van der Waals surface area contributed by atoms with Crippen molar-refractivity contribution in [3.05, 3.63) is 46.1 Å². The fourth-order valence-electron chi connectivity index (χ4n) is 1.58. The Kier molecular flexibility index (Phi) is 4.32. The van der Waals surface area contributed by atoms with Crippen LogP contribution in [0.15, 0.2) is 30.3 Å². The van der Waals surface area contributed by atoms with Crippen LogP contribution in [-0.4, -0.2) is 23.2 Å². The Morgan fingerprint density at radius 2 is 2.05 bits per heavy atom. The van der Waals surface area contributed by atoms with Crippen LogP contribution in [0, 0.1) is 0 Å². The van der Waals surface area contributed by atoms with Gasteiger partial charge in [-0.3, -0.25) is 0 Å². The van der Waals surface area contributed by atoms with Gasteiger partial charge in [0.1, 0.15) is 22.3 Å². The van der Waals surface area contributed by atoms with E-state index in [9.17, 15) is 4.79 Å². The topological polar surface area (TPSA) is 71.5 Å². The van der Waals surface area contributed by atoms with E-state index in [0.29, 0.717) is 16.5 Å². The van der Waals surface area contributed by atoms with Crippen LogP contribution in [0.4, 0.5) is 11.5 Å². The number of aromatic carboxylic acids is 1. The van der Waals surface area contributed by atoms with Gasteiger partial charge in [-0.1, -0.05) is 23.2 Å². The van der Waals surface area contributed by atoms with Gasteiger partial charge in [-0.25, -0.2) is 9.78 Å². The number of pyridine rings is 1. The van der Waals surface area contributed by atoms with Crippen LogP contribution in [0.25, 0.3) is 0 Å². The molecule has 1 aromatic heterocycles. The molecule has 5 nitrogen and oxygen atoms in total. The molecule has 0 spiro atoms. The number of aromatic nitrogens is 1. The number of nitrogens with one attached hydrogen (secondary N) is 1. The molecule has 7 heteroatoms. The molecule has 0 bridgehead atoms. The van der Waals surface area contributed by atoms with Gasteiger partial charge in [0.15, 0.2) is 0 Å². The van der Waals surface area contributed by atoms with Crippen molar-refractivity contribution < 1.29 is 14.6 Å². The number of hydrogen-bond acceptors (Lipinski definition) is 4. The van der Waals surface area contributed by atoms with Crippen LogP contribution >= 0.6 is 23.2 Å². The summed E-state index contributed by atoms with van der Waals surface area (Å²) in [6.07, 6.45) is 0. The van der Waals surface area contributed by atoms with Gasteiger partial charge < -0.3 is 15.2 Å². The number of carbonyl (C=O) groups is 1. The van der Waals surface area contributed by atoms with E-state index < -0.39 is 5.97 Å². The molecule has 2 aromatic rings. The number of nitrogens with zero attached hydrogens (tertiary/aromatic N) is 1. The number of halogens is 2. The van der Waals surface area contributed by atoms with Crippen molar-refractivity contribution in [3.8, 4) is 5.75 Å². The average Bonchev–Trinajstić information content (AvgIpc) is 2.38. The highest BCUT2D eigenvalue weighted by Crippen LogP contribution is 2.29. The van der Waals surface area contributed by atoms with Gasteiger partial charge in [-0.2, -0.15) is 0 Å². The Balaban J connectivity index is 2.36. The molecule has 0 aliphatic rings. The Labute approximate surface area is 125 Å². The molecule has 0 aliphatic heterocycles. The summed E-state index contributed by atoms with van der Waals surface area (Å²) in [5.41, 5.74) is 0.592. The van der Waals surface area contributed by atoms with Crippen molar-refractivity contribution in [1.29, 1.82) is 0 Å². The lowest BCUT2D eigenvalue weighted by Crippen LogP contribution is -2.05. The summed E-state index contributed by atoms with van der Waals surface area (Å²) in [5, 5.41) is 12.6. The maximum absolute atomic E-state index is 11.1. The number of anilines is 2. The first kappa shape index (κ1) is 14.4. The van der Waals surface area contributed by atoms with Gasteiger partial charge in [0.2, 0.25) is 0 Å². The molecule has 0 saturated heterocycles. The summed E-state index contributed by atoms with van der Waals surface area (Å²) in [6.45, 7) is 0. The van der Waals surface area contributed by atoms with Crippen LogP contribution in [0.5, 0.6) is 5.75 Å². The lowest BCUT2D eigenvalue weighted by molar-refractivity contribution is 0.0697. The van der Waals surface area contributed by atoms with Crippen molar-refractivity contribution in [2.24, 2.45) is 0 Å². The van der Waals surface area contributed by atoms with E-state index in [1.807, 2.05) is 0 Å². The molecule has 0 atom stereocenters. The zero-order valence-electron chi connectivity index (χ0n) is 10.4. The second-order valence-electron chi connectivity index (χ2n) is 3.81. The molecule has 0 radical (unpaired) electrons. The second-order valence-corrected chi connectivity index (χ2v) is 4.60. The molecule has 104 valence electrons. The zero-order valence-corrected chi connectivity index (χ0v) is 11.9. The average molecular weight is 313 g/mol. The minimum atomic E-state index is -1.10. The van der Waals surface area contributed by atoms with Gasteiger partial charge >= 0.3 is 5.97 Å². The molecule has 0 unspecified atom stereocenters. The molecule has 0 aliphatic carbocycles. The monoisotopic (exact) mass is 312 g/mol. The maximum atomic E-state index is 11.1. The molecule has 1 heterocycles. The van der Waals surface area contributed by atoms with E-state index in [1.165, 1.54) is 19.2 Å². The van der Waals surface area contributed by atoms with E-state index in [0.717, 1.165) is 0 Å². The van der Waals surface area contributed by atoms with E-state index >= 15 is 0 Å². The van der Waals surface area contributed by atoms with Gasteiger partial charge in [-0.15, -0.1) is 0 Å². The molecule has 0 saturated carbocycles. The van der Waals surface area contributed by atoms with E-state index in [1.54, 1.807) is 18.2 Å². The Bertz CT molecular complexity index is 662. The molecule has 0 amide bonds. The first-order valence-electron chi connectivity index (χ1n) is 5.51. The van der Waals surface area contributed by atoms with E-state index in [2.05, 4.69) is 10.3 Å². The highest BCUT2D eigenvalue weighted by Gasteiger charge is 2.13. The lowest BCUT2D eigenvalue weighted by atomic mass is 10.2. The normalized spacial score (nSPS) is 10.2. The summed E-state index contributed by atoms with van der Waals surface area (Å²) < 4.78 is 5.04. The predicted molar refractivity (Wildman–Crippen MR) is 77.5 cm³/mol. The number of rotatable bonds is 4. The van der Waals surface area contributed by atoms with Crippen molar-refractivity contribution in [1.82, 2.24) is 4.98 Å². The summed E-state index contributed by atoms with van der Waals surface area (Å²) in [4.78, 5) is 15.1. The van der Waals surface area contributed by atoms with Crippen molar-refractivity contribution in [3.63, 3.8) is 0 Å². The standard InChI is InChI=1S/C13H10Cl2N2O3/c1-20-10-4-2-7(6-9(10)14)16-12-8(13(18)19)3-5-11(15)17-12/h2-6H,1H3,(H,16,17)(H,18,19). The quantitative estimate of drug-likeness (QED) is 0.839. The lowest BCUT2D eigenvalue weighted by Gasteiger charge is -2.10. The number of methoxy groups -OCH3 is 1. The molecule has 20 heavy (non-hydrogen) atoms. The Morgan fingerprint density at radius 1 is 1.30 bits per heavy atom. The summed E-state index contributed by atoms with van der Waals surface area (Å²) >= 11 is 11.8. The van der Waals surface area contributed by atoms with Crippen LogP contribution in [0.3, 0.4) is 0 Å². The molecular formula is C13H10Cl2N2O3. The summed E-state index contributed by atoms with van der Waals surface area (Å²) in [6, 6.07) is 7.76. The number of carboxylic acids is 1. The SMILES string of the molecule is COc1ccc(Nc2nc(Cl)ccc2C(=O)O)cc1Cl. The zero-order chi connectivity index (χ0) is 14.7. The third-order valence-electron chi connectivity index (χ3n) is 2.51. The minimum Gasteiger partial charge on any atom is -0.495 e. The first-order chi connectivity index (χ1) is 9.51. The molecule has 2 N–H and O–H groups in total. The van der Waals surface area contributed by atoms with Gasteiger partial charge in [0.25, 0.3) is 0 Å². The highest BCUT2D eigenvalue weighted by atomic mass is 35.5. The maximum Gasteiger partial charge on any atom is 0.339 e. The minimum absolute atomic E-state index is 0.0151. The summed E-state index contributed by atoms with van der Waals surface area (Å²) in [7, 11) is 1.51. The van der Waals surface area contributed by atoms with Crippen molar-refractivity contribution >= 4 is 40.7 Å². The van der Waals surface area contributed by atoms with Crippen molar-refractivity contribution in [2.75, 3.05) is 12.4 Å². The summed E-state index contributed by atoms with van der Waals surface area (Å²) in [5.74, 6) is -0.433. The fraction of sp³-hybridized carbons (Fsp3) is 0.0769. The van der Waals surface area contributed by atoms with Crippen LogP contribution in [0.2, 0.25) is 10.2 Å². The first-order valence-corrected chi connectivity index (χ1v) is 6.27. The number of hydrogen-bond donors (Lipinski definition) is 2. The Morgan fingerprint density at radius 3 is 2.65 bits per heavy atom. The van der Waals surface area contributed by atoms with Crippen LogP contribution in [-0.2, 0) is 0 Å². The highest BCUT2D eigenvalue weighted by molar-refractivity contribution is 6.32. The third-order valence-corrected chi connectivity index (χ3v) is 3.01. The molecule has 1 aromatic carbocycles. The number of carboxylic acid groups (broad SMARTS) is 1. The second kappa shape index (κ2) is 5.98. The van der Waals surface area contributed by atoms with Crippen LogP contribution in [0.1, 0.15) is 10.4 Å². The van der Waals surface area contributed by atoms with Crippen molar-refractivity contribution in [2.45, 2.75) is 0 Å². The number of benzene rings is 1. The molecular weight excluding hydrogens is 303 g/mol. The predicted octanol–water partition coefficient (Wildman–Crippen LogP) is 3.84. The number of ether oxygens (including phenoxy) is 1. The molecule has 0 fully saturated rings. The molecule has 2 rings (SSSR count). The van der Waals surface area contributed by atoms with Gasteiger partial charge in [-0.05, 0) is 30.3 Å². The smallest absolute Gasteiger partial charge is 0.339 e. The van der Waals surface area contributed by atoms with Gasteiger partial charge in [0, 0.05) is 5.69 Å². The third kappa shape index (κ3) is 3.12. The van der Waals surface area contributed by atoms with Gasteiger partial charge in [0.05, 0.1) is 12.1 Å². The largest absolute Gasteiger partial charge is 0.495 e. The van der Waals surface area contributed by atoms with E-state index in [4.69, 9.17) is 33.0 Å². The Hall–Kier alpha value is -1.98. The van der Waals surface area contributed by atoms with Crippen LogP contribution < -0.4 is 10.1 Å².